The molecule has 1 N–H and O–H groups in total. The molecule has 0 saturated heterocycles. The Morgan fingerprint density at radius 1 is 1.24 bits per heavy atom. The van der Waals surface area contributed by atoms with Crippen LogP contribution in [0.25, 0.3) is 0 Å². The van der Waals surface area contributed by atoms with Gasteiger partial charge in [0.1, 0.15) is 16.5 Å². The van der Waals surface area contributed by atoms with Crippen molar-refractivity contribution in [3.05, 3.63) is 22.7 Å². The first-order valence-electron chi connectivity index (χ1n) is 5.49. The van der Waals surface area contributed by atoms with Crippen molar-refractivity contribution in [2.24, 2.45) is 0 Å². The molecule has 0 bridgehead atoms. The number of ether oxygens (including phenoxy) is 2. The van der Waals surface area contributed by atoms with Crippen LogP contribution in [0.4, 0.5) is 0 Å². The van der Waals surface area contributed by atoms with Gasteiger partial charge in [0.2, 0.25) is 0 Å². The number of methoxy groups -OCH3 is 2. The fraction of sp³-hybridized carbons (Fsp3) is 0.538. The highest BCUT2D eigenvalue weighted by atomic mass is 35.5. The average molecular weight is 259 g/mol. The van der Waals surface area contributed by atoms with E-state index in [1.54, 1.807) is 14.2 Å². The number of halogens is 1. The third kappa shape index (κ3) is 2.85. The van der Waals surface area contributed by atoms with Gasteiger partial charge >= 0.3 is 0 Å². The lowest BCUT2D eigenvalue weighted by Crippen LogP contribution is -2.20. The van der Waals surface area contributed by atoms with Crippen molar-refractivity contribution in [3.8, 4) is 11.5 Å². The van der Waals surface area contributed by atoms with Crippen molar-refractivity contribution in [1.82, 2.24) is 0 Å². The Balaban J connectivity index is 3.30. The second-order valence-corrected chi connectivity index (χ2v) is 4.90. The maximum Gasteiger partial charge on any atom is 0.144 e. The van der Waals surface area contributed by atoms with Crippen LogP contribution >= 0.6 is 11.6 Å². The van der Waals surface area contributed by atoms with Crippen molar-refractivity contribution >= 4 is 11.6 Å². The molecule has 0 aliphatic rings. The predicted octanol–water partition coefficient (Wildman–Crippen LogP) is 3.02. The second kappa shape index (κ2) is 5.61. The number of aliphatic hydroxyl groups is 1. The van der Waals surface area contributed by atoms with Crippen LogP contribution in [0.15, 0.2) is 12.1 Å². The first kappa shape index (κ1) is 14.1. The molecule has 1 aromatic carbocycles. The van der Waals surface area contributed by atoms with Gasteiger partial charge in [-0.2, -0.15) is 0 Å². The van der Waals surface area contributed by atoms with Crippen molar-refractivity contribution in [2.75, 3.05) is 20.8 Å². The summed E-state index contributed by atoms with van der Waals surface area (Å²) in [5, 5.41) is 9.57. The van der Waals surface area contributed by atoms with Gasteiger partial charge in [-0.05, 0) is 17.9 Å². The topological polar surface area (TPSA) is 38.7 Å². The highest BCUT2D eigenvalue weighted by molar-refractivity contribution is 6.33. The van der Waals surface area contributed by atoms with Crippen molar-refractivity contribution in [2.45, 2.75) is 25.7 Å². The number of hydrogen-bond donors (Lipinski definition) is 1. The summed E-state index contributed by atoms with van der Waals surface area (Å²) in [6.07, 6.45) is 0.645. The lowest BCUT2D eigenvalue weighted by atomic mass is 9.81. The zero-order valence-electron chi connectivity index (χ0n) is 10.7. The molecule has 17 heavy (non-hydrogen) atoms. The van der Waals surface area contributed by atoms with Crippen molar-refractivity contribution < 1.29 is 14.6 Å². The van der Waals surface area contributed by atoms with Crippen LogP contribution in [0.2, 0.25) is 5.02 Å². The molecule has 96 valence electrons. The summed E-state index contributed by atoms with van der Waals surface area (Å²) < 4.78 is 10.5. The summed E-state index contributed by atoms with van der Waals surface area (Å²) in [5.74, 6) is 1.21. The van der Waals surface area contributed by atoms with E-state index in [2.05, 4.69) is 0 Å². The standard InChI is InChI=1S/C13H19ClO3/c1-13(2,7-8-15)9-5-6-10(16-3)11(14)12(9)17-4/h5-6,15H,7-8H2,1-4H3. The van der Waals surface area contributed by atoms with Crippen LogP contribution in [0.3, 0.4) is 0 Å². The molecule has 0 saturated carbocycles. The number of hydrogen-bond acceptors (Lipinski definition) is 3. The minimum Gasteiger partial charge on any atom is -0.495 e. The van der Waals surface area contributed by atoms with Gasteiger partial charge in [0, 0.05) is 12.2 Å². The Kier molecular flexibility index (Phi) is 4.66. The van der Waals surface area contributed by atoms with Crippen LogP contribution in [0.5, 0.6) is 11.5 Å². The summed E-state index contributed by atoms with van der Waals surface area (Å²) in [7, 11) is 3.15. The van der Waals surface area contributed by atoms with Crippen LogP contribution in [-0.2, 0) is 5.41 Å². The van der Waals surface area contributed by atoms with Gasteiger partial charge in [-0.1, -0.05) is 31.5 Å². The van der Waals surface area contributed by atoms with E-state index in [0.717, 1.165) is 5.56 Å². The first-order valence-corrected chi connectivity index (χ1v) is 5.87. The van der Waals surface area contributed by atoms with Crippen LogP contribution in [-0.4, -0.2) is 25.9 Å². The highest BCUT2D eigenvalue weighted by Gasteiger charge is 2.26. The van der Waals surface area contributed by atoms with Crippen molar-refractivity contribution in [1.29, 1.82) is 0 Å². The third-order valence-electron chi connectivity index (χ3n) is 2.95. The molecule has 0 amide bonds. The van der Waals surface area contributed by atoms with Crippen LogP contribution in [0, 0.1) is 0 Å². The highest BCUT2D eigenvalue weighted by Crippen LogP contribution is 2.42. The Morgan fingerprint density at radius 2 is 1.88 bits per heavy atom. The van der Waals surface area contributed by atoms with Gasteiger partial charge in [-0.3, -0.25) is 0 Å². The number of rotatable bonds is 5. The van der Waals surface area contributed by atoms with Gasteiger partial charge in [0.15, 0.2) is 0 Å². The van der Waals surface area contributed by atoms with E-state index in [0.29, 0.717) is 22.9 Å². The molecule has 0 aliphatic heterocycles. The summed E-state index contributed by atoms with van der Waals surface area (Å²) >= 11 is 6.21. The monoisotopic (exact) mass is 258 g/mol. The zero-order chi connectivity index (χ0) is 13.1. The number of benzene rings is 1. The lowest BCUT2D eigenvalue weighted by Gasteiger charge is -2.27. The largest absolute Gasteiger partial charge is 0.495 e. The Labute approximate surface area is 107 Å². The lowest BCUT2D eigenvalue weighted by molar-refractivity contribution is 0.249. The van der Waals surface area contributed by atoms with Crippen molar-refractivity contribution in [3.63, 3.8) is 0 Å². The summed E-state index contributed by atoms with van der Waals surface area (Å²) in [5.41, 5.74) is 0.774. The maximum absolute atomic E-state index is 9.10. The number of aliphatic hydroxyl groups excluding tert-OH is 1. The molecule has 0 aliphatic carbocycles. The Bertz CT molecular complexity index is 388. The van der Waals surface area contributed by atoms with E-state index in [1.807, 2.05) is 26.0 Å². The molecule has 0 aromatic heterocycles. The van der Waals surface area contributed by atoms with Gasteiger partial charge in [-0.15, -0.1) is 0 Å². The van der Waals surface area contributed by atoms with Gasteiger partial charge in [0.05, 0.1) is 14.2 Å². The summed E-state index contributed by atoms with van der Waals surface area (Å²) in [4.78, 5) is 0. The van der Waals surface area contributed by atoms with E-state index in [1.165, 1.54) is 0 Å². The fourth-order valence-corrected chi connectivity index (χ4v) is 2.16. The minimum atomic E-state index is -0.198. The normalized spacial score (nSPS) is 11.4. The Hall–Kier alpha value is -0.930. The van der Waals surface area contributed by atoms with Crippen LogP contribution in [0.1, 0.15) is 25.8 Å². The molecule has 3 nitrogen and oxygen atoms in total. The van der Waals surface area contributed by atoms with E-state index in [9.17, 15) is 0 Å². The molecule has 1 rings (SSSR count). The molecule has 0 radical (unpaired) electrons. The molecule has 0 heterocycles. The third-order valence-corrected chi connectivity index (χ3v) is 3.31. The molecule has 0 fully saturated rings. The SMILES string of the molecule is COc1ccc(C(C)(C)CCO)c(OC)c1Cl. The van der Waals surface area contributed by atoms with Gasteiger partial charge in [-0.25, -0.2) is 0 Å². The van der Waals surface area contributed by atoms with E-state index < -0.39 is 0 Å². The second-order valence-electron chi connectivity index (χ2n) is 4.52. The summed E-state index contributed by atoms with van der Waals surface area (Å²) in [6.45, 7) is 4.22. The minimum absolute atomic E-state index is 0.125. The molecular weight excluding hydrogens is 240 g/mol. The zero-order valence-corrected chi connectivity index (χ0v) is 11.5. The Morgan fingerprint density at radius 3 is 2.35 bits per heavy atom. The molecule has 0 unspecified atom stereocenters. The molecule has 0 spiro atoms. The maximum atomic E-state index is 9.10. The van der Waals surface area contributed by atoms with Gasteiger partial charge in [0.25, 0.3) is 0 Å². The molecular formula is C13H19ClO3. The fourth-order valence-electron chi connectivity index (χ4n) is 1.84. The van der Waals surface area contributed by atoms with E-state index >= 15 is 0 Å². The smallest absolute Gasteiger partial charge is 0.144 e. The van der Waals surface area contributed by atoms with E-state index in [4.69, 9.17) is 26.2 Å². The molecule has 0 atom stereocenters. The molecule has 1 aromatic rings. The average Bonchev–Trinajstić information content (AvgIpc) is 2.28. The van der Waals surface area contributed by atoms with E-state index in [-0.39, 0.29) is 12.0 Å². The quantitative estimate of drug-likeness (QED) is 0.882. The molecule has 4 heteroatoms. The van der Waals surface area contributed by atoms with Crippen LogP contribution < -0.4 is 9.47 Å². The first-order chi connectivity index (χ1) is 7.97. The predicted molar refractivity (Wildman–Crippen MR) is 69.3 cm³/mol. The summed E-state index contributed by atoms with van der Waals surface area (Å²) in [6, 6.07) is 3.75. The van der Waals surface area contributed by atoms with Gasteiger partial charge < -0.3 is 14.6 Å².